The van der Waals surface area contributed by atoms with Crippen LogP contribution in [0.3, 0.4) is 0 Å². The van der Waals surface area contributed by atoms with Crippen molar-refractivity contribution in [1.82, 2.24) is 0 Å². The second kappa shape index (κ2) is 4.09. The molecule has 3 rings (SSSR count). The molecule has 1 saturated carbocycles. The third-order valence-electron chi connectivity index (χ3n) is 4.30. The summed E-state index contributed by atoms with van der Waals surface area (Å²) in [5, 5.41) is 4.40. The van der Waals surface area contributed by atoms with Gasteiger partial charge in [-0.3, -0.25) is 0 Å². The highest BCUT2D eigenvalue weighted by molar-refractivity contribution is 6.34. The molecule has 0 radical (unpaired) electrons. The van der Waals surface area contributed by atoms with Gasteiger partial charge in [0.2, 0.25) is 0 Å². The third-order valence-corrected chi connectivity index (χ3v) is 4.61. The molecule has 1 aliphatic heterocycles. The van der Waals surface area contributed by atoms with Gasteiger partial charge in [0.25, 0.3) is 0 Å². The average molecular weight is 251 g/mol. The van der Waals surface area contributed by atoms with E-state index in [-0.39, 0.29) is 0 Å². The zero-order chi connectivity index (χ0) is 11.9. The lowest BCUT2D eigenvalue weighted by atomic mass is 9.91. The van der Waals surface area contributed by atoms with Crippen LogP contribution in [0.1, 0.15) is 32.6 Å². The van der Waals surface area contributed by atoms with Gasteiger partial charge in [-0.25, -0.2) is 0 Å². The summed E-state index contributed by atoms with van der Waals surface area (Å²) >= 11 is 6.27. The lowest BCUT2D eigenvalue weighted by molar-refractivity contribution is 0.412. The minimum atomic E-state index is 0.340. The summed E-state index contributed by atoms with van der Waals surface area (Å²) in [6.07, 6.45) is 5.32. The van der Waals surface area contributed by atoms with Gasteiger partial charge in [0, 0.05) is 13.1 Å². The van der Waals surface area contributed by atoms with Gasteiger partial charge in [-0.15, -0.1) is 0 Å². The topological polar surface area (TPSA) is 15.3 Å². The Morgan fingerprint density at radius 2 is 2.12 bits per heavy atom. The number of benzene rings is 1. The predicted molar refractivity (Wildman–Crippen MR) is 74.2 cm³/mol. The molecule has 92 valence electrons. The molecule has 17 heavy (non-hydrogen) atoms. The van der Waals surface area contributed by atoms with E-state index in [1.807, 2.05) is 6.07 Å². The van der Waals surface area contributed by atoms with Crippen LogP contribution < -0.4 is 10.2 Å². The molecule has 1 aliphatic carbocycles. The molecule has 0 aromatic heterocycles. The Kier molecular flexibility index (Phi) is 2.70. The molecule has 2 aliphatic rings. The summed E-state index contributed by atoms with van der Waals surface area (Å²) in [4.78, 5) is 2.57. The Morgan fingerprint density at radius 1 is 1.35 bits per heavy atom. The number of hydrogen-bond donors (Lipinski definition) is 1. The van der Waals surface area contributed by atoms with Gasteiger partial charge in [0.05, 0.1) is 21.9 Å². The number of nitrogens with one attached hydrogen (secondary N) is 1. The summed E-state index contributed by atoms with van der Waals surface area (Å²) in [6.45, 7) is 4.35. The molecule has 2 nitrogen and oxygen atoms in total. The second-order valence-electron chi connectivity index (χ2n) is 5.16. The lowest BCUT2D eigenvalue weighted by Gasteiger charge is -2.47. The van der Waals surface area contributed by atoms with E-state index in [1.54, 1.807) is 0 Å². The number of para-hydroxylation sites is 1. The number of fused-ring (bicyclic) bond motifs is 1. The zero-order valence-corrected chi connectivity index (χ0v) is 11.1. The average Bonchev–Trinajstić information content (AvgIpc) is 2.78. The molecule has 0 bridgehead atoms. The van der Waals surface area contributed by atoms with Crippen LogP contribution in [-0.2, 0) is 0 Å². The van der Waals surface area contributed by atoms with Crippen molar-refractivity contribution in [3.8, 4) is 0 Å². The summed E-state index contributed by atoms with van der Waals surface area (Å²) < 4.78 is 0. The molecule has 1 fully saturated rings. The highest BCUT2D eigenvalue weighted by atomic mass is 35.5. The standard InChI is InChI=1S/C14H19ClN2/c1-2-17-12-7-5-6-11(15)13(12)16-10-14(17)8-3-4-9-14/h5-7,16H,2-4,8-10H2,1H3. The van der Waals surface area contributed by atoms with E-state index in [9.17, 15) is 0 Å². The maximum absolute atomic E-state index is 6.27. The van der Waals surface area contributed by atoms with Crippen LogP contribution in [0.25, 0.3) is 0 Å². The first-order valence-corrected chi connectivity index (χ1v) is 6.95. The molecular weight excluding hydrogens is 232 g/mol. The monoisotopic (exact) mass is 250 g/mol. The molecule has 1 N–H and O–H groups in total. The van der Waals surface area contributed by atoms with E-state index in [2.05, 4.69) is 29.3 Å². The number of nitrogens with zero attached hydrogens (tertiary/aromatic N) is 1. The minimum absolute atomic E-state index is 0.340. The van der Waals surface area contributed by atoms with Gasteiger partial charge in [0.15, 0.2) is 0 Å². The molecule has 3 heteroatoms. The molecule has 0 unspecified atom stereocenters. The second-order valence-corrected chi connectivity index (χ2v) is 5.57. The molecule has 0 saturated heterocycles. The van der Waals surface area contributed by atoms with Crippen molar-refractivity contribution in [2.24, 2.45) is 0 Å². The molecule has 1 spiro atoms. The fourth-order valence-electron chi connectivity index (χ4n) is 3.50. The van der Waals surface area contributed by atoms with E-state index in [4.69, 9.17) is 11.6 Å². The van der Waals surface area contributed by atoms with Crippen LogP contribution in [-0.4, -0.2) is 18.6 Å². The maximum Gasteiger partial charge on any atom is 0.0768 e. The SMILES string of the molecule is CCN1c2cccc(Cl)c2NCC12CCCC2. The van der Waals surface area contributed by atoms with Crippen LogP contribution >= 0.6 is 11.6 Å². The predicted octanol–water partition coefficient (Wildman–Crippen LogP) is 3.90. The van der Waals surface area contributed by atoms with E-state index >= 15 is 0 Å². The minimum Gasteiger partial charge on any atom is -0.380 e. The van der Waals surface area contributed by atoms with Gasteiger partial charge in [0.1, 0.15) is 0 Å². The van der Waals surface area contributed by atoms with Gasteiger partial charge in [-0.2, -0.15) is 0 Å². The Balaban J connectivity index is 2.06. The Labute approximate surface area is 108 Å². The van der Waals surface area contributed by atoms with E-state index in [0.717, 1.165) is 23.8 Å². The summed E-state index contributed by atoms with van der Waals surface area (Å²) in [6, 6.07) is 6.21. The molecule has 1 aromatic rings. The highest BCUT2D eigenvalue weighted by Gasteiger charge is 2.42. The maximum atomic E-state index is 6.27. The highest BCUT2D eigenvalue weighted by Crippen LogP contribution is 2.46. The largest absolute Gasteiger partial charge is 0.380 e. The number of hydrogen-bond acceptors (Lipinski definition) is 2. The van der Waals surface area contributed by atoms with Crippen molar-refractivity contribution in [2.75, 3.05) is 23.3 Å². The van der Waals surface area contributed by atoms with Crippen molar-refractivity contribution in [3.05, 3.63) is 23.2 Å². The summed E-state index contributed by atoms with van der Waals surface area (Å²) in [7, 11) is 0. The Hall–Kier alpha value is -0.890. The first-order chi connectivity index (χ1) is 8.27. The Morgan fingerprint density at radius 3 is 2.82 bits per heavy atom. The molecule has 0 atom stereocenters. The fraction of sp³-hybridized carbons (Fsp3) is 0.571. The van der Waals surface area contributed by atoms with Gasteiger partial charge in [-0.05, 0) is 31.9 Å². The van der Waals surface area contributed by atoms with Crippen molar-refractivity contribution in [2.45, 2.75) is 38.1 Å². The van der Waals surface area contributed by atoms with E-state index in [0.29, 0.717) is 5.54 Å². The fourth-order valence-corrected chi connectivity index (χ4v) is 3.74. The molecule has 1 heterocycles. The quantitative estimate of drug-likeness (QED) is 0.813. The van der Waals surface area contributed by atoms with Crippen molar-refractivity contribution >= 4 is 23.0 Å². The third kappa shape index (κ3) is 1.61. The zero-order valence-electron chi connectivity index (χ0n) is 10.3. The van der Waals surface area contributed by atoms with E-state index < -0.39 is 0 Å². The van der Waals surface area contributed by atoms with Crippen molar-refractivity contribution in [1.29, 1.82) is 0 Å². The van der Waals surface area contributed by atoms with Crippen LogP contribution in [0.4, 0.5) is 11.4 Å². The van der Waals surface area contributed by atoms with Gasteiger partial charge in [-0.1, -0.05) is 30.5 Å². The van der Waals surface area contributed by atoms with Crippen LogP contribution in [0.15, 0.2) is 18.2 Å². The first-order valence-electron chi connectivity index (χ1n) is 6.57. The van der Waals surface area contributed by atoms with Gasteiger partial charge >= 0.3 is 0 Å². The number of anilines is 2. The van der Waals surface area contributed by atoms with Crippen LogP contribution in [0.5, 0.6) is 0 Å². The summed E-state index contributed by atoms with van der Waals surface area (Å²) in [5.74, 6) is 0. The number of rotatable bonds is 1. The number of halogens is 1. The summed E-state index contributed by atoms with van der Waals surface area (Å²) in [5.41, 5.74) is 2.74. The van der Waals surface area contributed by atoms with Crippen molar-refractivity contribution in [3.63, 3.8) is 0 Å². The normalized spacial score (nSPS) is 21.4. The Bertz CT molecular complexity index is 424. The first kappa shape index (κ1) is 11.2. The molecule has 1 aromatic carbocycles. The van der Waals surface area contributed by atoms with Crippen LogP contribution in [0.2, 0.25) is 5.02 Å². The van der Waals surface area contributed by atoms with Crippen LogP contribution in [0, 0.1) is 0 Å². The lowest BCUT2D eigenvalue weighted by Crippen LogP contribution is -2.54. The molecule has 0 amide bonds. The van der Waals surface area contributed by atoms with Gasteiger partial charge < -0.3 is 10.2 Å². The van der Waals surface area contributed by atoms with Crippen molar-refractivity contribution < 1.29 is 0 Å². The smallest absolute Gasteiger partial charge is 0.0768 e. The van der Waals surface area contributed by atoms with E-state index in [1.165, 1.54) is 31.4 Å². The number of likely N-dealkylation sites (N-methyl/N-ethyl adjacent to an activating group) is 1. The molecular formula is C14H19ClN2.